The lowest BCUT2D eigenvalue weighted by Gasteiger charge is -2.27. The van der Waals surface area contributed by atoms with E-state index in [0.717, 1.165) is 11.3 Å². The van der Waals surface area contributed by atoms with Gasteiger partial charge >= 0.3 is 0 Å². The Bertz CT molecular complexity index is 1060. The lowest BCUT2D eigenvalue weighted by atomic mass is 9.76. The predicted molar refractivity (Wildman–Crippen MR) is 116 cm³/mol. The number of fused-ring (bicyclic) bond motifs is 1. The molecule has 2 aromatic rings. The van der Waals surface area contributed by atoms with Gasteiger partial charge < -0.3 is 14.5 Å². The van der Waals surface area contributed by atoms with Crippen molar-refractivity contribution in [3.8, 4) is 0 Å². The van der Waals surface area contributed by atoms with Gasteiger partial charge in [0.1, 0.15) is 5.60 Å². The average Bonchev–Trinajstić information content (AvgIpc) is 3.49. The van der Waals surface area contributed by atoms with Crippen LogP contribution in [0.25, 0.3) is 0 Å². The molecule has 2 amide bonds. The van der Waals surface area contributed by atoms with Crippen LogP contribution < -0.4 is 4.90 Å². The van der Waals surface area contributed by atoms with E-state index in [1.807, 2.05) is 37.5 Å². The van der Waals surface area contributed by atoms with Crippen LogP contribution in [-0.2, 0) is 27.9 Å². The van der Waals surface area contributed by atoms with E-state index in [4.69, 9.17) is 4.74 Å². The Balaban J connectivity index is 1.39. The maximum absolute atomic E-state index is 13.5. The number of anilines is 1. The number of aryl methyl sites for hydroxylation is 1. The fourth-order valence-electron chi connectivity index (χ4n) is 5.20. The summed E-state index contributed by atoms with van der Waals surface area (Å²) in [6.07, 6.45) is 7.25. The molecule has 4 atom stereocenters. The van der Waals surface area contributed by atoms with Crippen LogP contribution in [0.15, 0.2) is 48.8 Å². The smallest absolute Gasteiger partial charge is 0.234 e. The van der Waals surface area contributed by atoms with Crippen molar-refractivity contribution in [2.75, 3.05) is 18.5 Å². The van der Waals surface area contributed by atoms with E-state index in [0.29, 0.717) is 19.0 Å². The van der Waals surface area contributed by atoms with Crippen LogP contribution in [0, 0.1) is 11.8 Å². The number of carbonyl (C=O) groups is 2. The number of carbonyl (C=O) groups excluding carboxylic acids is 2. The summed E-state index contributed by atoms with van der Waals surface area (Å²) in [5.74, 6) is -0.650. The zero-order chi connectivity index (χ0) is 21.9. The molecule has 162 valence electrons. The monoisotopic (exact) mass is 420 g/mol. The number of ether oxygens (including phenoxy) is 1. The van der Waals surface area contributed by atoms with Crippen LogP contribution in [0.4, 0.5) is 5.69 Å². The Hall–Kier alpha value is -2.93. The van der Waals surface area contributed by atoms with Crippen LogP contribution in [0.5, 0.6) is 0 Å². The van der Waals surface area contributed by atoms with Crippen LogP contribution in [-0.4, -0.2) is 51.8 Å². The van der Waals surface area contributed by atoms with Gasteiger partial charge in [-0.05, 0) is 23.6 Å². The molecule has 7 nitrogen and oxygen atoms in total. The SMILES string of the molecule is CC(C)c1ccc(N2C[C@]34C=C[C@H](O3)C(C(=O)N(C)Cc3cnn(C)c3)C4C2=O)cc1. The molecule has 7 heteroatoms. The second-order valence-corrected chi connectivity index (χ2v) is 9.29. The molecule has 0 saturated carbocycles. The van der Waals surface area contributed by atoms with E-state index in [-0.39, 0.29) is 17.9 Å². The van der Waals surface area contributed by atoms with E-state index in [1.54, 1.807) is 27.7 Å². The van der Waals surface area contributed by atoms with Crippen molar-refractivity contribution < 1.29 is 14.3 Å². The highest BCUT2D eigenvalue weighted by Gasteiger charge is 2.67. The highest BCUT2D eigenvalue weighted by Crippen LogP contribution is 2.53. The quantitative estimate of drug-likeness (QED) is 0.697. The van der Waals surface area contributed by atoms with Crippen molar-refractivity contribution in [1.29, 1.82) is 0 Å². The molecular weight excluding hydrogens is 392 g/mol. The Morgan fingerprint density at radius 3 is 2.71 bits per heavy atom. The predicted octanol–water partition coefficient (Wildman–Crippen LogP) is 2.49. The van der Waals surface area contributed by atoms with Crippen molar-refractivity contribution in [3.63, 3.8) is 0 Å². The number of nitrogens with zero attached hydrogens (tertiary/aromatic N) is 4. The molecular formula is C24H28N4O3. The number of rotatable bonds is 5. The van der Waals surface area contributed by atoms with Crippen molar-refractivity contribution in [3.05, 3.63) is 59.9 Å². The molecule has 4 heterocycles. The number of aromatic nitrogens is 2. The molecule has 2 saturated heterocycles. The first-order valence-corrected chi connectivity index (χ1v) is 10.8. The highest BCUT2D eigenvalue weighted by atomic mass is 16.5. The summed E-state index contributed by atoms with van der Waals surface area (Å²) in [6.45, 7) is 5.19. The molecule has 2 bridgehead atoms. The third-order valence-corrected chi connectivity index (χ3v) is 6.81. The molecule has 0 N–H and O–H groups in total. The van der Waals surface area contributed by atoms with Gasteiger partial charge in [-0.2, -0.15) is 5.10 Å². The van der Waals surface area contributed by atoms with Gasteiger partial charge in [0, 0.05) is 38.1 Å². The van der Waals surface area contributed by atoms with E-state index in [9.17, 15) is 9.59 Å². The summed E-state index contributed by atoms with van der Waals surface area (Å²) in [6, 6.07) is 8.12. The average molecular weight is 421 g/mol. The fraction of sp³-hybridized carbons (Fsp3) is 0.458. The second kappa shape index (κ2) is 7.05. The van der Waals surface area contributed by atoms with Gasteiger partial charge in [-0.15, -0.1) is 0 Å². The largest absolute Gasteiger partial charge is 0.360 e. The molecule has 31 heavy (non-hydrogen) atoms. The first kappa shape index (κ1) is 20.0. The summed E-state index contributed by atoms with van der Waals surface area (Å²) in [7, 11) is 3.63. The lowest BCUT2D eigenvalue weighted by molar-refractivity contribution is -0.139. The maximum Gasteiger partial charge on any atom is 0.234 e. The number of hydrogen-bond acceptors (Lipinski definition) is 4. The minimum atomic E-state index is -0.714. The normalized spacial score (nSPS) is 28.6. The van der Waals surface area contributed by atoms with Crippen molar-refractivity contribution in [2.45, 2.75) is 38.0 Å². The van der Waals surface area contributed by atoms with Gasteiger partial charge in [-0.3, -0.25) is 14.3 Å². The van der Waals surface area contributed by atoms with E-state index in [1.165, 1.54) is 5.56 Å². The van der Waals surface area contributed by atoms with Crippen LogP contribution in [0.3, 0.4) is 0 Å². The van der Waals surface area contributed by atoms with E-state index >= 15 is 0 Å². The second-order valence-electron chi connectivity index (χ2n) is 9.29. The first-order valence-electron chi connectivity index (χ1n) is 10.8. The number of hydrogen-bond donors (Lipinski definition) is 0. The molecule has 0 aliphatic carbocycles. The Morgan fingerprint density at radius 1 is 1.32 bits per heavy atom. The van der Waals surface area contributed by atoms with Gasteiger partial charge in [-0.1, -0.05) is 38.1 Å². The summed E-state index contributed by atoms with van der Waals surface area (Å²) in [5, 5.41) is 4.17. The van der Waals surface area contributed by atoms with Crippen LogP contribution in [0.1, 0.15) is 30.9 Å². The molecule has 1 spiro atoms. The molecule has 2 fully saturated rings. The fourth-order valence-corrected chi connectivity index (χ4v) is 5.20. The van der Waals surface area contributed by atoms with Gasteiger partial charge in [0.05, 0.1) is 30.7 Å². The topological polar surface area (TPSA) is 67.7 Å². The summed E-state index contributed by atoms with van der Waals surface area (Å²) < 4.78 is 7.99. The van der Waals surface area contributed by atoms with Gasteiger partial charge in [0.2, 0.25) is 11.8 Å². The maximum atomic E-state index is 13.5. The molecule has 3 aliphatic rings. The Morgan fingerprint density at radius 2 is 2.06 bits per heavy atom. The first-order chi connectivity index (χ1) is 14.8. The van der Waals surface area contributed by atoms with E-state index < -0.39 is 17.4 Å². The van der Waals surface area contributed by atoms with E-state index in [2.05, 4.69) is 31.1 Å². The van der Waals surface area contributed by atoms with Crippen molar-refractivity contribution >= 4 is 17.5 Å². The molecule has 2 unspecified atom stereocenters. The van der Waals surface area contributed by atoms with Gasteiger partial charge in [-0.25, -0.2) is 0 Å². The Labute approximate surface area is 182 Å². The molecule has 3 aliphatic heterocycles. The minimum absolute atomic E-state index is 0.0303. The summed E-state index contributed by atoms with van der Waals surface area (Å²) >= 11 is 0. The summed E-state index contributed by atoms with van der Waals surface area (Å²) in [4.78, 5) is 30.4. The van der Waals surface area contributed by atoms with Crippen LogP contribution >= 0.6 is 0 Å². The molecule has 1 aromatic carbocycles. The number of benzene rings is 1. The third kappa shape index (κ3) is 3.10. The third-order valence-electron chi connectivity index (χ3n) is 6.81. The van der Waals surface area contributed by atoms with Crippen LogP contribution in [0.2, 0.25) is 0 Å². The van der Waals surface area contributed by atoms with Gasteiger partial charge in [0.25, 0.3) is 0 Å². The molecule has 1 aromatic heterocycles. The molecule has 5 rings (SSSR count). The zero-order valence-electron chi connectivity index (χ0n) is 18.4. The zero-order valence-corrected chi connectivity index (χ0v) is 18.4. The molecule has 0 radical (unpaired) electrons. The van der Waals surface area contributed by atoms with Gasteiger partial charge in [0.15, 0.2) is 0 Å². The number of amides is 2. The van der Waals surface area contributed by atoms with Crippen molar-refractivity contribution in [1.82, 2.24) is 14.7 Å². The Kier molecular flexibility index (Phi) is 4.55. The summed E-state index contributed by atoms with van der Waals surface area (Å²) in [5.41, 5.74) is 2.33. The highest BCUT2D eigenvalue weighted by molar-refractivity contribution is 6.03. The minimum Gasteiger partial charge on any atom is -0.360 e. The lowest BCUT2D eigenvalue weighted by Crippen LogP contribution is -2.44. The van der Waals surface area contributed by atoms with Crippen molar-refractivity contribution in [2.24, 2.45) is 18.9 Å². The standard InChI is InChI=1S/C24H28N4O3/c1-15(2)17-5-7-18(8-6-17)28-14-24-10-9-19(31-24)20(21(24)23(28)30)22(29)26(3)12-16-11-25-27(4)13-16/h5-11,13,15,19-21H,12,14H2,1-4H3/t19-,20?,21?,24-/m0/s1.